The first-order valence-electron chi connectivity index (χ1n) is 14.5. The third-order valence-electron chi connectivity index (χ3n) is 8.21. The van der Waals surface area contributed by atoms with Crippen molar-refractivity contribution in [1.29, 1.82) is 5.26 Å². The van der Waals surface area contributed by atoms with E-state index in [4.69, 9.17) is 5.10 Å². The molecule has 1 aliphatic heterocycles. The van der Waals surface area contributed by atoms with Crippen LogP contribution in [0.25, 0.3) is 22.6 Å². The molecule has 0 aliphatic carbocycles. The van der Waals surface area contributed by atoms with Crippen molar-refractivity contribution in [3.8, 4) is 28.7 Å². The molecule has 0 saturated carbocycles. The maximum atomic E-state index is 14.0. The van der Waals surface area contributed by atoms with Gasteiger partial charge in [0.1, 0.15) is 12.4 Å². The molecule has 0 bridgehead atoms. The van der Waals surface area contributed by atoms with Crippen LogP contribution in [0.1, 0.15) is 22.4 Å². The molecule has 3 aromatic carbocycles. The fourth-order valence-corrected chi connectivity index (χ4v) is 5.84. The van der Waals surface area contributed by atoms with Gasteiger partial charge in [0.05, 0.1) is 40.5 Å². The highest BCUT2D eigenvalue weighted by atomic mass is 19.1. The molecule has 0 amide bonds. The summed E-state index contributed by atoms with van der Waals surface area (Å²) in [6.07, 6.45) is 1.76. The summed E-state index contributed by atoms with van der Waals surface area (Å²) in [6, 6.07) is 26.2. The lowest BCUT2D eigenvalue weighted by atomic mass is 10.1. The summed E-state index contributed by atoms with van der Waals surface area (Å²) < 4.78 is 17.8. The van der Waals surface area contributed by atoms with E-state index in [1.165, 1.54) is 17.2 Å². The van der Waals surface area contributed by atoms with E-state index in [2.05, 4.69) is 28.0 Å². The molecule has 0 N–H and O–H groups in total. The van der Waals surface area contributed by atoms with Gasteiger partial charge in [-0.25, -0.2) is 13.9 Å². The predicted molar refractivity (Wildman–Crippen MR) is 168 cm³/mol. The highest BCUT2D eigenvalue weighted by molar-refractivity contribution is 5.78. The molecule has 1 aliphatic rings. The molecular formula is C34H32FN7O2. The Bertz CT molecular complexity index is 1960. The van der Waals surface area contributed by atoms with Gasteiger partial charge in [-0.2, -0.15) is 10.4 Å². The Morgan fingerprint density at radius 2 is 1.59 bits per heavy atom. The Morgan fingerprint density at radius 1 is 0.886 bits per heavy atom. The lowest BCUT2D eigenvalue weighted by Crippen LogP contribution is -2.46. The van der Waals surface area contributed by atoms with Crippen molar-refractivity contribution >= 4 is 5.69 Å². The van der Waals surface area contributed by atoms with Crippen LogP contribution in [0.2, 0.25) is 0 Å². The van der Waals surface area contributed by atoms with E-state index >= 15 is 0 Å². The highest BCUT2D eigenvalue weighted by Gasteiger charge is 2.28. The predicted octanol–water partition coefficient (Wildman–Crippen LogP) is 4.36. The second-order valence-electron chi connectivity index (χ2n) is 10.9. The van der Waals surface area contributed by atoms with Gasteiger partial charge >= 0.3 is 5.69 Å². The van der Waals surface area contributed by atoms with E-state index in [0.29, 0.717) is 39.5 Å². The number of piperazine rings is 1. The number of hydrogen-bond acceptors (Lipinski definition) is 6. The summed E-state index contributed by atoms with van der Waals surface area (Å²) >= 11 is 0. The van der Waals surface area contributed by atoms with Gasteiger partial charge in [0.15, 0.2) is 0 Å². The normalized spacial score (nSPS) is 13.6. The molecule has 0 atom stereocenters. The first-order valence-corrected chi connectivity index (χ1v) is 14.5. The van der Waals surface area contributed by atoms with Crippen molar-refractivity contribution < 1.29 is 4.39 Å². The van der Waals surface area contributed by atoms with Gasteiger partial charge in [0, 0.05) is 45.5 Å². The summed E-state index contributed by atoms with van der Waals surface area (Å²) in [5.41, 5.74) is 4.44. The average molecular weight is 590 g/mol. The first kappa shape index (κ1) is 28.8. The first-order chi connectivity index (χ1) is 21.4. The lowest BCUT2D eigenvalue weighted by molar-refractivity contribution is 0.250. The molecule has 0 spiro atoms. The Morgan fingerprint density at radius 3 is 2.27 bits per heavy atom. The topological polar surface area (TPSA) is 92.1 Å². The number of hydrogen-bond donors (Lipinski definition) is 0. The second-order valence-corrected chi connectivity index (χ2v) is 10.9. The number of benzene rings is 3. The summed E-state index contributed by atoms with van der Waals surface area (Å²) in [5, 5.41) is 14.1. The van der Waals surface area contributed by atoms with Crippen LogP contribution in [0.15, 0.2) is 94.6 Å². The van der Waals surface area contributed by atoms with Gasteiger partial charge in [-0.05, 0) is 54.4 Å². The van der Waals surface area contributed by atoms with Gasteiger partial charge in [-0.15, -0.1) is 0 Å². The maximum Gasteiger partial charge on any atom is 0.335 e. The number of aromatic nitrogens is 4. The van der Waals surface area contributed by atoms with E-state index in [1.807, 2.05) is 18.2 Å². The SMILES string of the molecule is Cc1c(-c2c(N3CCN(Cc4ccccc4)CC3)cnn2-c2ccc(C#N)cc2)c(=O)n(C)c(=O)n1-c1cccc(CF)c1. The van der Waals surface area contributed by atoms with Crippen molar-refractivity contribution in [2.75, 3.05) is 31.1 Å². The monoisotopic (exact) mass is 589 g/mol. The number of rotatable bonds is 7. The van der Waals surface area contributed by atoms with E-state index in [9.17, 15) is 19.2 Å². The molecule has 9 nitrogen and oxygen atoms in total. The molecule has 0 unspecified atom stereocenters. The molecule has 6 rings (SSSR count). The maximum absolute atomic E-state index is 14.0. The van der Waals surface area contributed by atoms with Crippen molar-refractivity contribution in [3.63, 3.8) is 0 Å². The van der Waals surface area contributed by atoms with Crippen LogP contribution in [0.3, 0.4) is 0 Å². The number of alkyl halides is 1. The fraction of sp³-hybridized carbons (Fsp3) is 0.235. The van der Waals surface area contributed by atoms with Crippen LogP contribution >= 0.6 is 0 Å². The molecule has 44 heavy (non-hydrogen) atoms. The van der Waals surface area contributed by atoms with Gasteiger partial charge in [0.2, 0.25) is 0 Å². The van der Waals surface area contributed by atoms with E-state index in [-0.39, 0.29) is 0 Å². The Labute approximate surface area is 254 Å². The van der Waals surface area contributed by atoms with Crippen LogP contribution in [0.5, 0.6) is 0 Å². The molecule has 1 fully saturated rings. The van der Waals surface area contributed by atoms with Crippen molar-refractivity contribution in [1.82, 2.24) is 23.8 Å². The third-order valence-corrected chi connectivity index (χ3v) is 8.21. The minimum atomic E-state index is -0.674. The summed E-state index contributed by atoms with van der Waals surface area (Å²) in [5.74, 6) is 0. The summed E-state index contributed by atoms with van der Waals surface area (Å²) in [6.45, 7) is 5.00. The standard InChI is InChI=1S/C34H32FN7O2/c1-24-31(33(43)38(2)34(44)41(24)29-10-6-9-27(19-29)20-35)32-30(22-37-42(32)28-13-11-25(21-36)12-14-28)40-17-15-39(16-18-40)23-26-7-4-3-5-8-26/h3-14,19,22H,15-18,20,23H2,1-2H3. The summed E-state index contributed by atoms with van der Waals surface area (Å²) in [4.78, 5) is 32.1. The number of halogens is 1. The molecule has 0 radical (unpaired) electrons. The Kier molecular flexibility index (Phi) is 7.96. The van der Waals surface area contributed by atoms with Gasteiger partial charge in [-0.3, -0.25) is 18.8 Å². The zero-order chi connectivity index (χ0) is 30.8. The summed E-state index contributed by atoms with van der Waals surface area (Å²) in [7, 11) is 1.45. The molecular weight excluding hydrogens is 557 g/mol. The van der Waals surface area contributed by atoms with Crippen LogP contribution in [0.4, 0.5) is 10.1 Å². The van der Waals surface area contributed by atoms with Crippen LogP contribution < -0.4 is 16.1 Å². The number of nitrogens with zero attached hydrogens (tertiary/aromatic N) is 7. The van der Waals surface area contributed by atoms with E-state index in [1.54, 1.807) is 66.3 Å². The molecule has 222 valence electrons. The van der Waals surface area contributed by atoms with Crippen molar-refractivity contribution in [3.05, 3.63) is 128 Å². The Hall–Kier alpha value is -5.27. The molecule has 10 heteroatoms. The van der Waals surface area contributed by atoms with Crippen LogP contribution in [-0.2, 0) is 20.3 Å². The molecule has 2 aromatic heterocycles. The largest absolute Gasteiger partial charge is 0.366 e. The smallest absolute Gasteiger partial charge is 0.335 e. The average Bonchev–Trinajstić information content (AvgIpc) is 3.49. The second kappa shape index (κ2) is 12.1. The zero-order valence-corrected chi connectivity index (χ0v) is 24.7. The zero-order valence-electron chi connectivity index (χ0n) is 24.7. The van der Waals surface area contributed by atoms with Gasteiger partial charge in [0.25, 0.3) is 5.56 Å². The van der Waals surface area contributed by atoms with E-state index < -0.39 is 17.9 Å². The molecule has 3 heterocycles. The van der Waals surface area contributed by atoms with Crippen molar-refractivity contribution in [2.24, 2.45) is 7.05 Å². The number of anilines is 1. The van der Waals surface area contributed by atoms with E-state index in [0.717, 1.165) is 43.0 Å². The van der Waals surface area contributed by atoms with Crippen molar-refractivity contribution in [2.45, 2.75) is 20.1 Å². The quantitative estimate of drug-likeness (QED) is 0.280. The highest BCUT2D eigenvalue weighted by Crippen LogP contribution is 2.34. The molecule has 1 saturated heterocycles. The number of nitriles is 1. The third kappa shape index (κ3) is 5.34. The molecule has 5 aromatic rings. The van der Waals surface area contributed by atoms with Crippen LogP contribution in [-0.4, -0.2) is 50.0 Å². The van der Waals surface area contributed by atoms with Crippen LogP contribution in [0, 0.1) is 18.3 Å². The Balaban J connectivity index is 1.48. The minimum absolute atomic E-state index is 0.321. The van der Waals surface area contributed by atoms with Gasteiger partial charge < -0.3 is 4.90 Å². The minimum Gasteiger partial charge on any atom is -0.366 e. The fourth-order valence-electron chi connectivity index (χ4n) is 5.84. The lowest BCUT2D eigenvalue weighted by Gasteiger charge is -2.36. The van der Waals surface area contributed by atoms with Gasteiger partial charge in [-0.1, -0.05) is 42.5 Å².